The highest BCUT2D eigenvalue weighted by Gasteiger charge is 2.54. The maximum absolute atomic E-state index is 13.2. The van der Waals surface area contributed by atoms with Crippen molar-refractivity contribution in [1.29, 1.82) is 0 Å². The van der Waals surface area contributed by atoms with Gasteiger partial charge in [-0.25, -0.2) is 9.89 Å². The summed E-state index contributed by atoms with van der Waals surface area (Å²) in [4.78, 5) is 25.2. The molecule has 2 heterocycles. The fourth-order valence-electron chi connectivity index (χ4n) is 6.30. The molecule has 0 aromatic carbocycles. The first-order chi connectivity index (χ1) is 12.6. The number of carbonyl (C=O) groups is 1. The van der Waals surface area contributed by atoms with Crippen molar-refractivity contribution < 1.29 is 9.53 Å². The van der Waals surface area contributed by atoms with E-state index in [0.717, 1.165) is 56.5 Å². The fraction of sp³-hybridized carbons (Fsp3) is 0.842. The highest BCUT2D eigenvalue weighted by molar-refractivity contribution is 7.99. The van der Waals surface area contributed by atoms with Crippen LogP contribution in [0.25, 0.3) is 0 Å². The van der Waals surface area contributed by atoms with Gasteiger partial charge in [-0.05, 0) is 69.1 Å². The Bertz CT molecular complexity index is 714. The molecular formula is C19H27N3O3S. The zero-order chi connectivity index (χ0) is 17.7. The lowest BCUT2D eigenvalue weighted by Gasteiger charge is -2.56. The number of rotatable bonds is 6. The second-order valence-electron chi connectivity index (χ2n) is 8.97. The first kappa shape index (κ1) is 17.0. The van der Waals surface area contributed by atoms with Crippen molar-refractivity contribution in [3.8, 4) is 0 Å². The van der Waals surface area contributed by atoms with Gasteiger partial charge in [0.1, 0.15) is 5.78 Å². The number of H-pyrrole nitrogens is 1. The van der Waals surface area contributed by atoms with Crippen molar-refractivity contribution >= 4 is 17.5 Å². The quantitative estimate of drug-likeness (QED) is 0.771. The molecule has 1 N–H and O–H groups in total. The van der Waals surface area contributed by atoms with Gasteiger partial charge in [0, 0.05) is 12.0 Å². The van der Waals surface area contributed by atoms with Gasteiger partial charge in [-0.2, -0.15) is 0 Å². The van der Waals surface area contributed by atoms with Crippen LogP contribution < -0.4 is 5.69 Å². The zero-order valence-corrected chi connectivity index (χ0v) is 15.9. The molecule has 7 heteroatoms. The summed E-state index contributed by atoms with van der Waals surface area (Å²) in [5, 5.41) is 7.33. The topological polar surface area (TPSA) is 77.0 Å². The minimum atomic E-state index is -0.203. The van der Waals surface area contributed by atoms with Gasteiger partial charge >= 0.3 is 5.69 Å². The molecular weight excluding hydrogens is 350 g/mol. The number of hydrogen-bond donors (Lipinski definition) is 1. The SMILES string of the molecule is O=C(CSc1n[nH]c(=O)n1C[C@@H]1CCCO1)C12CC3CC(CC(C3)C1)C2. The standard InChI is InChI=1S/C19H27N3O3S/c23-16(19-7-12-4-13(8-19)6-14(5-12)9-19)11-26-18-21-20-17(24)22(18)10-15-2-1-3-25-15/h12-15H,1-11H2,(H,20,24)/t12?,13?,14?,15-,19?/m0/s1. The Hall–Kier alpha value is -1.08. The van der Waals surface area contributed by atoms with Gasteiger partial charge in [0.05, 0.1) is 18.4 Å². The average Bonchev–Trinajstić information content (AvgIpc) is 3.23. The van der Waals surface area contributed by atoms with Crippen LogP contribution in [0.1, 0.15) is 51.4 Å². The van der Waals surface area contributed by atoms with E-state index in [4.69, 9.17) is 4.74 Å². The monoisotopic (exact) mass is 377 g/mol. The minimum Gasteiger partial charge on any atom is -0.376 e. The van der Waals surface area contributed by atoms with Crippen LogP contribution in [0, 0.1) is 23.2 Å². The zero-order valence-electron chi connectivity index (χ0n) is 15.1. The maximum atomic E-state index is 13.2. The molecule has 4 saturated carbocycles. The molecule has 142 valence electrons. The fourth-order valence-corrected chi connectivity index (χ4v) is 7.29. The molecule has 1 aromatic rings. The molecule has 6 rings (SSSR count). The van der Waals surface area contributed by atoms with Crippen LogP contribution in [0.4, 0.5) is 0 Å². The lowest BCUT2D eigenvalue weighted by atomic mass is 9.48. The smallest absolute Gasteiger partial charge is 0.344 e. The van der Waals surface area contributed by atoms with Crippen LogP contribution in [0.3, 0.4) is 0 Å². The molecule has 26 heavy (non-hydrogen) atoms. The van der Waals surface area contributed by atoms with E-state index in [-0.39, 0.29) is 17.2 Å². The first-order valence-corrected chi connectivity index (χ1v) is 11.0. The lowest BCUT2D eigenvalue weighted by molar-refractivity contribution is -0.141. The van der Waals surface area contributed by atoms with Crippen molar-refractivity contribution in [2.75, 3.05) is 12.4 Å². The third-order valence-corrected chi connectivity index (χ3v) is 8.07. The number of thioether (sulfide) groups is 1. The van der Waals surface area contributed by atoms with Crippen molar-refractivity contribution in [2.24, 2.45) is 23.2 Å². The Morgan fingerprint density at radius 2 is 1.92 bits per heavy atom. The molecule has 0 amide bonds. The summed E-state index contributed by atoms with van der Waals surface area (Å²) in [5.74, 6) is 3.15. The summed E-state index contributed by atoms with van der Waals surface area (Å²) >= 11 is 1.42. The van der Waals surface area contributed by atoms with Crippen LogP contribution in [0.15, 0.2) is 9.95 Å². The summed E-state index contributed by atoms with van der Waals surface area (Å²) in [5.41, 5.74) is -0.275. The second-order valence-corrected chi connectivity index (χ2v) is 9.91. The van der Waals surface area contributed by atoms with Gasteiger partial charge in [-0.3, -0.25) is 9.36 Å². The van der Waals surface area contributed by atoms with Crippen molar-refractivity contribution in [1.82, 2.24) is 14.8 Å². The number of nitrogens with one attached hydrogen (secondary N) is 1. The van der Waals surface area contributed by atoms with Gasteiger partial charge in [0.25, 0.3) is 0 Å². The van der Waals surface area contributed by atoms with E-state index < -0.39 is 0 Å². The van der Waals surface area contributed by atoms with Crippen LogP contribution >= 0.6 is 11.8 Å². The predicted octanol–water partition coefficient (Wildman–Crippen LogP) is 2.63. The highest BCUT2D eigenvalue weighted by Crippen LogP contribution is 2.60. The van der Waals surface area contributed by atoms with E-state index in [0.29, 0.717) is 23.2 Å². The van der Waals surface area contributed by atoms with E-state index in [9.17, 15) is 9.59 Å². The number of hydrogen-bond acceptors (Lipinski definition) is 5. The molecule has 1 atom stereocenters. The Morgan fingerprint density at radius 1 is 1.23 bits per heavy atom. The Kier molecular flexibility index (Phi) is 4.27. The molecule has 6 nitrogen and oxygen atoms in total. The molecule has 1 saturated heterocycles. The Balaban J connectivity index is 1.27. The molecule has 5 aliphatic rings. The van der Waals surface area contributed by atoms with E-state index in [1.54, 1.807) is 4.57 Å². The van der Waals surface area contributed by atoms with Gasteiger partial charge in [-0.15, -0.1) is 5.10 Å². The van der Waals surface area contributed by atoms with Crippen molar-refractivity contribution in [3.05, 3.63) is 10.5 Å². The molecule has 0 radical (unpaired) electrons. The van der Waals surface area contributed by atoms with Gasteiger partial charge in [0.15, 0.2) is 5.16 Å². The maximum Gasteiger partial charge on any atom is 0.344 e. The molecule has 1 aliphatic heterocycles. The third-order valence-electron chi connectivity index (χ3n) is 7.10. The number of Topliss-reactive ketones (excluding diaryl/α,β-unsaturated/α-hetero) is 1. The summed E-state index contributed by atoms with van der Waals surface area (Å²) in [7, 11) is 0. The molecule has 0 unspecified atom stereocenters. The number of aromatic nitrogens is 3. The first-order valence-electron chi connectivity index (χ1n) is 10.0. The number of carbonyl (C=O) groups excluding carboxylic acids is 1. The van der Waals surface area contributed by atoms with E-state index in [2.05, 4.69) is 10.2 Å². The lowest BCUT2D eigenvalue weighted by Crippen LogP contribution is -2.50. The number of aromatic amines is 1. The molecule has 4 aliphatic carbocycles. The normalized spacial score (nSPS) is 38.2. The van der Waals surface area contributed by atoms with Gasteiger partial charge < -0.3 is 4.74 Å². The number of ketones is 1. The largest absolute Gasteiger partial charge is 0.376 e. The molecule has 1 aromatic heterocycles. The van der Waals surface area contributed by atoms with Gasteiger partial charge in [-0.1, -0.05) is 11.8 Å². The molecule has 4 bridgehead atoms. The number of ether oxygens (including phenoxy) is 1. The summed E-state index contributed by atoms with van der Waals surface area (Å²) in [6.45, 7) is 1.30. The predicted molar refractivity (Wildman–Crippen MR) is 98.2 cm³/mol. The summed E-state index contributed by atoms with van der Waals surface area (Å²) < 4.78 is 7.30. The van der Waals surface area contributed by atoms with Crippen LogP contribution in [0.2, 0.25) is 0 Å². The van der Waals surface area contributed by atoms with Crippen LogP contribution in [-0.2, 0) is 16.1 Å². The molecule has 0 spiro atoms. The van der Waals surface area contributed by atoms with E-state index in [1.165, 1.54) is 31.0 Å². The van der Waals surface area contributed by atoms with Crippen molar-refractivity contribution in [3.63, 3.8) is 0 Å². The van der Waals surface area contributed by atoms with Crippen LogP contribution in [-0.4, -0.2) is 39.0 Å². The average molecular weight is 378 g/mol. The highest BCUT2D eigenvalue weighted by atomic mass is 32.2. The van der Waals surface area contributed by atoms with E-state index >= 15 is 0 Å². The van der Waals surface area contributed by atoms with Gasteiger partial charge in [0.2, 0.25) is 0 Å². The summed E-state index contributed by atoms with van der Waals surface area (Å²) in [6.07, 6.45) is 9.45. The third kappa shape index (κ3) is 2.97. The van der Waals surface area contributed by atoms with Crippen LogP contribution in [0.5, 0.6) is 0 Å². The summed E-state index contributed by atoms with van der Waals surface area (Å²) in [6, 6.07) is 0. The Morgan fingerprint density at radius 3 is 2.54 bits per heavy atom. The van der Waals surface area contributed by atoms with E-state index in [1.807, 2.05) is 0 Å². The van der Waals surface area contributed by atoms with Crippen molar-refractivity contribution in [2.45, 2.75) is 69.2 Å². The second kappa shape index (κ2) is 6.51. The molecule has 5 fully saturated rings. The Labute approximate surface area is 157 Å². The minimum absolute atomic E-state index is 0.0717. The number of nitrogens with zero attached hydrogens (tertiary/aromatic N) is 2.